The van der Waals surface area contributed by atoms with Gasteiger partial charge in [0.1, 0.15) is 34.3 Å². The minimum atomic E-state index is -2.66. The summed E-state index contributed by atoms with van der Waals surface area (Å²) < 4.78 is 63.7. The molecule has 16 heterocycles. The van der Waals surface area contributed by atoms with Gasteiger partial charge in [0, 0.05) is 176 Å². The molecule has 5 fully saturated rings. The molecule has 3 aliphatic carbocycles. The van der Waals surface area contributed by atoms with E-state index in [-0.39, 0.29) is 86.1 Å². The smallest absolute Gasteiger partial charge is 0.414 e. The van der Waals surface area contributed by atoms with Crippen molar-refractivity contribution in [1.29, 1.82) is 0 Å². The fourth-order valence-electron chi connectivity index (χ4n) is 15.9. The van der Waals surface area contributed by atoms with Gasteiger partial charge in [-0.2, -0.15) is 0 Å². The zero-order chi connectivity index (χ0) is 89.0. The second-order valence-electron chi connectivity index (χ2n) is 32.3. The normalized spacial score (nSPS) is 16.8. The Morgan fingerprint density at radius 2 is 0.860 bits per heavy atom. The van der Waals surface area contributed by atoms with Crippen molar-refractivity contribution in [2.24, 2.45) is 11.8 Å². The second-order valence-corrected chi connectivity index (χ2v) is 35.4. The molecular formula is C89H91F2N21O14S3. The molecule has 0 radical (unpaired) electrons. The molecule has 129 heavy (non-hydrogen) atoms. The topological polar surface area (TPSA) is 410 Å². The zero-order valence-electron chi connectivity index (χ0n) is 70.6. The standard InChI is InChI=1S/C25H24F2N4O3S.C22H24N6O4.C21H22N6O4S.C21H21N5O3S/c26-25(27)8-5-17(6-9-25)34-24(33)31-10-7-18-20(31)11-16(13-28-18)15-3-4-19-21(12-15)35-23(29-19)30-22(32)14-1-2-14;1-23-21(29)26-19-13-27-12-14(2-3-20(27)25-19)15-10-18-17(24-11-15)4-7-28(18)22(30)32-16-5-8-31-9-6-16;1-22-19(28)26-20-25-16-3-2-14(24-18(16)32-20)12-10-17-15(23-11-12)4-7-27(17)21(29)31-13-5-8-30-9-6-13;1-22-19(27)25-20-24-16-5-4-13(9-18(16)30-20)14-8-17-15(23-10-14)6-7-26(17)21(28)29-11-12-2-3-12/h3-4,11-14,17H,1-2,5-10H2,(H,29,30,32);2-3,10-13,16H,4-9H2,1H3,(H2,23,26,29);2-3,10-11,13H,4-9H2,1H3,(H2,22,25,26,28);4-5,8-10,12H,2-3,6-7,11H2,1H3,(H2,22,24,25,27). The van der Waals surface area contributed by atoms with Crippen molar-refractivity contribution in [1.82, 2.24) is 65.2 Å². The first kappa shape index (κ1) is 86.4. The van der Waals surface area contributed by atoms with Crippen LogP contribution in [0.15, 0.2) is 122 Å². The molecule has 0 atom stereocenters. The fourth-order valence-corrected chi connectivity index (χ4v) is 18.5. The fraction of sp³-hybridized carbons (Fsp3) is 0.382. The molecule has 2 saturated heterocycles. The van der Waals surface area contributed by atoms with Crippen LogP contribution in [0.2, 0.25) is 0 Å². The van der Waals surface area contributed by atoms with Gasteiger partial charge in [-0.05, 0) is 128 Å². The number of carbonyl (C=O) groups excluding carboxylic acids is 8. The van der Waals surface area contributed by atoms with Gasteiger partial charge < -0.3 is 54.1 Å². The second kappa shape index (κ2) is 37.9. The molecule has 6 aliphatic heterocycles. The van der Waals surface area contributed by atoms with Crippen molar-refractivity contribution in [2.45, 2.75) is 127 Å². The van der Waals surface area contributed by atoms with Gasteiger partial charge in [0.15, 0.2) is 21.2 Å². The van der Waals surface area contributed by atoms with E-state index in [1.54, 1.807) is 59.3 Å². The van der Waals surface area contributed by atoms with E-state index in [9.17, 15) is 47.1 Å². The summed E-state index contributed by atoms with van der Waals surface area (Å²) in [5, 5.41) is 20.1. The van der Waals surface area contributed by atoms with Crippen molar-refractivity contribution in [2.75, 3.05) is 121 Å². The van der Waals surface area contributed by atoms with Crippen molar-refractivity contribution in [3.8, 4) is 44.6 Å². The summed E-state index contributed by atoms with van der Waals surface area (Å²) in [6.45, 7) is 5.13. The lowest BCUT2D eigenvalue weighted by Crippen LogP contribution is -2.36. The lowest BCUT2D eigenvalue weighted by molar-refractivity contribution is -0.117. The van der Waals surface area contributed by atoms with Crippen LogP contribution in [-0.4, -0.2) is 202 Å². The number of urea groups is 3. The third-order valence-corrected chi connectivity index (χ3v) is 26.1. The van der Waals surface area contributed by atoms with Crippen LogP contribution in [0.25, 0.3) is 81.1 Å². The minimum Gasteiger partial charge on any atom is -0.449 e. The quantitative estimate of drug-likeness (QED) is 0.0497. The Balaban J connectivity index is 0.000000116. The van der Waals surface area contributed by atoms with Crippen LogP contribution in [0.1, 0.15) is 99.8 Å². The molecule has 40 heteroatoms. The molecule has 21 rings (SSSR count). The van der Waals surface area contributed by atoms with E-state index in [0.717, 1.165) is 157 Å². The van der Waals surface area contributed by atoms with E-state index in [4.69, 9.17) is 28.4 Å². The van der Waals surface area contributed by atoms with Gasteiger partial charge in [-0.15, -0.1) is 0 Å². The molecule has 35 nitrogen and oxygen atoms in total. The predicted molar refractivity (Wildman–Crippen MR) is 483 cm³/mol. The number of thiazole rings is 3. The molecule has 11 amide bonds. The number of pyridine rings is 6. The monoisotopic (exact) mass is 1810 g/mol. The highest BCUT2D eigenvalue weighted by Gasteiger charge is 2.40. The van der Waals surface area contributed by atoms with Gasteiger partial charge in [0.05, 0.1) is 111 Å². The highest BCUT2D eigenvalue weighted by molar-refractivity contribution is 7.23. The van der Waals surface area contributed by atoms with Crippen LogP contribution >= 0.6 is 34.0 Å². The maximum Gasteiger partial charge on any atom is 0.414 e. The van der Waals surface area contributed by atoms with Crippen LogP contribution < -0.4 is 56.8 Å². The van der Waals surface area contributed by atoms with Gasteiger partial charge in [0.25, 0.3) is 0 Å². The number of carbonyl (C=O) groups is 8. The van der Waals surface area contributed by atoms with Gasteiger partial charge in [-0.25, -0.2) is 67.3 Å². The number of alkyl halides is 2. The Hall–Kier alpha value is -13.3. The zero-order valence-corrected chi connectivity index (χ0v) is 73.0. The highest BCUT2D eigenvalue weighted by Crippen LogP contribution is 2.43. The lowest BCUT2D eigenvalue weighted by Gasteiger charge is -2.29. The molecular weight excluding hydrogens is 1720 g/mol. The molecule has 668 valence electrons. The van der Waals surface area contributed by atoms with Crippen LogP contribution in [0.5, 0.6) is 0 Å². The molecule has 0 spiro atoms. The maximum absolute atomic E-state index is 13.4. The van der Waals surface area contributed by atoms with E-state index in [0.29, 0.717) is 133 Å². The molecule has 3 saturated carbocycles. The summed E-state index contributed by atoms with van der Waals surface area (Å²) in [5.74, 6) is -1.53. The number of aromatic nitrogens is 10. The van der Waals surface area contributed by atoms with Crippen molar-refractivity contribution >= 4 is 163 Å². The highest BCUT2D eigenvalue weighted by atomic mass is 32.1. The SMILES string of the molecule is CNC(=O)Nc1cn2cc(-c3cnc4c(c3)N(C(=O)OC3CCOCC3)CC4)ccc2n1.CNC(=O)Nc1nc2ccc(-c3cnc4c(c3)N(C(=O)OC3CCOCC3)CC4)nc2s1.CNC(=O)Nc1nc2ccc(-c3cnc4c(c3)N(C(=O)OCC3CC3)CC4)cc2s1.O=C(Nc1nc2ccc(-c3cnc4c(c3)N(C(=O)OC3CCC(F)(F)CC3)CC4)cc2s1)C1CC1. The third-order valence-electron chi connectivity index (χ3n) is 23.4. The van der Waals surface area contributed by atoms with Gasteiger partial charge in [0.2, 0.25) is 11.8 Å². The number of nitrogens with one attached hydrogen (secondary N) is 7. The van der Waals surface area contributed by atoms with E-state index in [1.165, 1.54) is 34.0 Å². The van der Waals surface area contributed by atoms with E-state index in [1.807, 2.05) is 108 Å². The van der Waals surface area contributed by atoms with Crippen LogP contribution in [0, 0.1) is 11.8 Å². The summed E-state index contributed by atoms with van der Waals surface area (Å²) in [6, 6.07) is 26.2. The lowest BCUT2D eigenvalue weighted by atomic mass is 9.94. The number of rotatable bonds is 14. The number of halogens is 2. The maximum atomic E-state index is 13.4. The Morgan fingerprint density at radius 1 is 0.434 bits per heavy atom. The third kappa shape index (κ3) is 20.3. The Morgan fingerprint density at radius 3 is 1.35 bits per heavy atom. The van der Waals surface area contributed by atoms with Crippen LogP contribution in [0.4, 0.5) is 86.3 Å². The summed E-state index contributed by atoms with van der Waals surface area (Å²) in [7, 11) is 4.65. The number of hydrogen-bond donors (Lipinski definition) is 7. The average molecular weight is 1810 g/mol. The Bertz CT molecular complexity index is 6120. The number of ether oxygens (including phenoxy) is 6. The largest absolute Gasteiger partial charge is 0.449 e. The van der Waals surface area contributed by atoms with Crippen molar-refractivity contribution in [3.05, 3.63) is 145 Å². The molecule has 2 aromatic carbocycles. The van der Waals surface area contributed by atoms with Gasteiger partial charge in [-0.3, -0.25) is 60.3 Å². The number of anilines is 8. The van der Waals surface area contributed by atoms with Crippen LogP contribution in [-0.2, 0) is 58.9 Å². The number of benzene rings is 2. The minimum absolute atomic E-state index is 0.0287. The van der Waals surface area contributed by atoms with E-state index in [2.05, 4.69) is 82.1 Å². The molecule has 0 bridgehead atoms. The molecule has 10 aromatic heterocycles. The summed E-state index contributed by atoms with van der Waals surface area (Å²) in [5.41, 5.74) is 16.5. The summed E-state index contributed by atoms with van der Waals surface area (Å²) in [6.07, 6.45) is 18.4. The van der Waals surface area contributed by atoms with Crippen LogP contribution in [0.3, 0.4) is 0 Å². The predicted octanol–water partition coefficient (Wildman–Crippen LogP) is 15.8. The first-order valence-corrected chi connectivity index (χ1v) is 45.3. The molecule has 0 unspecified atom stereocenters. The van der Waals surface area contributed by atoms with Gasteiger partial charge >= 0.3 is 42.5 Å². The molecule has 7 N–H and O–H groups in total. The molecule has 9 aliphatic rings. The molecule has 12 aromatic rings. The first-order chi connectivity index (χ1) is 62.6. The van der Waals surface area contributed by atoms with E-state index < -0.39 is 18.1 Å². The number of hydrogen-bond acceptors (Lipinski definition) is 26. The number of amides is 11. The van der Waals surface area contributed by atoms with Crippen molar-refractivity contribution < 1.29 is 75.6 Å². The first-order valence-electron chi connectivity index (χ1n) is 42.9. The van der Waals surface area contributed by atoms with E-state index >= 15 is 0 Å². The average Bonchev–Trinajstić information content (AvgIpc) is 1.66. The summed E-state index contributed by atoms with van der Waals surface area (Å²) >= 11 is 4.13. The van der Waals surface area contributed by atoms with Gasteiger partial charge in [-0.1, -0.05) is 46.1 Å². The van der Waals surface area contributed by atoms with Crippen molar-refractivity contribution in [3.63, 3.8) is 0 Å². The summed E-state index contributed by atoms with van der Waals surface area (Å²) in [4.78, 5) is 146. The number of nitrogens with zero attached hydrogens (tertiary/aromatic N) is 14. The Labute approximate surface area is 748 Å². The Kier molecular flexibility index (Phi) is 25.4. The number of imidazole rings is 1. The number of fused-ring (bicyclic) bond motifs is 8.